The van der Waals surface area contributed by atoms with E-state index in [0.717, 1.165) is 44.7 Å². The van der Waals surface area contributed by atoms with Crippen molar-refractivity contribution in [2.24, 2.45) is 0 Å². The summed E-state index contributed by atoms with van der Waals surface area (Å²) in [5, 5.41) is 6.95. The van der Waals surface area contributed by atoms with E-state index < -0.39 is 0 Å². The van der Waals surface area contributed by atoms with Crippen molar-refractivity contribution in [3.63, 3.8) is 0 Å². The quantitative estimate of drug-likeness (QED) is 0.851. The molecule has 0 unspecified atom stereocenters. The third kappa shape index (κ3) is 4.89. The highest BCUT2D eigenvalue weighted by Crippen LogP contribution is 2.17. The second-order valence-electron chi connectivity index (χ2n) is 7.57. The summed E-state index contributed by atoms with van der Waals surface area (Å²) >= 11 is 0. The number of amides is 1. The average Bonchev–Trinajstić information content (AvgIpc) is 3.16. The van der Waals surface area contributed by atoms with Gasteiger partial charge in [-0.3, -0.25) is 4.79 Å². The molecule has 0 bridgehead atoms. The van der Waals surface area contributed by atoms with E-state index in [1.807, 2.05) is 12.1 Å². The topological polar surface area (TPSA) is 74.5 Å². The summed E-state index contributed by atoms with van der Waals surface area (Å²) < 4.78 is 4.75. The maximum absolute atomic E-state index is 12.6. The second-order valence-corrected chi connectivity index (χ2v) is 7.57. The Bertz CT molecular complexity index is 704. The summed E-state index contributed by atoms with van der Waals surface area (Å²) in [7, 11) is 2.16. The number of likely N-dealkylation sites (N-methyl/N-ethyl adjacent to an activating group) is 1. The van der Waals surface area contributed by atoms with E-state index in [1.54, 1.807) is 12.1 Å². The molecule has 1 saturated heterocycles. The molecule has 1 fully saturated rings. The Kier molecular flexibility index (Phi) is 5.68. The van der Waals surface area contributed by atoms with Crippen molar-refractivity contribution in [3.05, 3.63) is 36.2 Å². The zero-order chi connectivity index (χ0) is 18.6. The molecule has 1 aliphatic heterocycles. The molecule has 7 heteroatoms. The van der Waals surface area contributed by atoms with Crippen molar-refractivity contribution >= 4 is 5.91 Å². The Hall–Kier alpha value is -2.25. The molecule has 140 valence electrons. The van der Waals surface area contributed by atoms with Gasteiger partial charge in [0.1, 0.15) is 0 Å². The average molecular weight is 357 g/mol. The molecule has 1 aromatic heterocycles. The lowest BCUT2D eigenvalue weighted by Crippen LogP contribution is -2.49. The van der Waals surface area contributed by atoms with Crippen LogP contribution in [-0.2, 0) is 0 Å². The highest BCUT2D eigenvalue weighted by atomic mass is 16.5. The summed E-state index contributed by atoms with van der Waals surface area (Å²) in [6, 6.07) is 7.24. The fourth-order valence-electron chi connectivity index (χ4n) is 3.02. The number of benzene rings is 1. The molecule has 0 radical (unpaired) electrons. The van der Waals surface area contributed by atoms with E-state index in [2.05, 4.69) is 46.2 Å². The highest BCUT2D eigenvalue weighted by Gasteiger charge is 2.23. The first kappa shape index (κ1) is 18.5. The summed E-state index contributed by atoms with van der Waals surface area (Å²) in [6.45, 7) is 9.57. The molecule has 0 saturated carbocycles. The van der Waals surface area contributed by atoms with Crippen molar-refractivity contribution in [1.82, 2.24) is 25.3 Å². The second kappa shape index (κ2) is 7.97. The number of nitrogens with one attached hydrogen (secondary N) is 1. The first-order valence-electron chi connectivity index (χ1n) is 9.03. The highest BCUT2D eigenvalue weighted by molar-refractivity contribution is 5.95. The molecule has 2 heterocycles. The molecule has 0 aliphatic carbocycles. The van der Waals surface area contributed by atoms with Gasteiger partial charge in [-0.1, -0.05) is 17.3 Å². The van der Waals surface area contributed by atoms with Crippen LogP contribution in [0, 0.1) is 0 Å². The maximum atomic E-state index is 12.6. The van der Waals surface area contributed by atoms with Crippen LogP contribution in [0.5, 0.6) is 0 Å². The Labute approximate surface area is 154 Å². The van der Waals surface area contributed by atoms with E-state index in [9.17, 15) is 4.79 Å². The van der Waals surface area contributed by atoms with Gasteiger partial charge in [-0.2, -0.15) is 4.98 Å². The van der Waals surface area contributed by atoms with Gasteiger partial charge in [-0.15, -0.1) is 0 Å². The number of rotatable bonds is 6. The number of carbonyl (C=O) groups is 1. The van der Waals surface area contributed by atoms with Crippen LogP contribution in [0.25, 0.3) is 11.4 Å². The van der Waals surface area contributed by atoms with Crippen LogP contribution >= 0.6 is 0 Å². The predicted octanol–water partition coefficient (Wildman–Crippen LogP) is 1.88. The Morgan fingerprint density at radius 3 is 2.50 bits per heavy atom. The molecule has 1 aromatic carbocycles. The van der Waals surface area contributed by atoms with E-state index in [-0.39, 0.29) is 11.4 Å². The molecule has 1 amide bonds. The monoisotopic (exact) mass is 357 g/mol. The van der Waals surface area contributed by atoms with Crippen molar-refractivity contribution in [2.75, 3.05) is 39.8 Å². The number of hydrogen-bond donors (Lipinski definition) is 1. The van der Waals surface area contributed by atoms with Crippen molar-refractivity contribution in [1.29, 1.82) is 0 Å². The van der Waals surface area contributed by atoms with Crippen LogP contribution in [0.4, 0.5) is 0 Å². The fourth-order valence-corrected chi connectivity index (χ4v) is 3.02. The summed E-state index contributed by atoms with van der Waals surface area (Å²) in [4.78, 5) is 21.4. The summed E-state index contributed by atoms with van der Waals surface area (Å²) in [6.07, 6.45) is 2.21. The van der Waals surface area contributed by atoms with E-state index >= 15 is 0 Å². The lowest BCUT2D eigenvalue weighted by atomic mass is 9.99. The zero-order valence-electron chi connectivity index (χ0n) is 15.7. The molecule has 2 aromatic rings. The Morgan fingerprint density at radius 2 is 1.88 bits per heavy atom. The van der Waals surface area contributed by atoms with E-state index in [0.29, 0.717) is 11.4 Å². The van der Waals surface area contributed by atoms with Gasteiger partial charge in [-0.05, 0) is 39.4 Å². The van der Waals surface area contributed by atoms with Crippen LogP contribution in [0.1, 0.15) is 30.6 Å². The van der Waals surface area contributed by atoms with Crippen molar-refractivity contribution < 1.29 is 9.32 Å². The first-order chi connectivity index (χ1) is 12.4. The van der Waals surface area contributed by atoms with Gasteiger partial charge in [0.15, 0.2) is 0 Å². The van der Waals surface area contributed by atoms with Crippen molar-refractivity contribution in [2.45, 2.75) is 25.8 Å². The lowest BCUT2D eigenvalue weighted by molar-refractivity contribution is 0.0893. The van der Waals surface area contributed by atoms with Crippen LogP contribution in [0.3, 0.4) is 0 Å². The van der Waals surface area contributed by atoms with Gasteiger partial charge in [0.25, 0.3) is 5.91 Å². The molecule has 1 aliphatic rings. The van der Waals surface area contributed by atoms with E-state index in [4.69, 9.17) is 4.52 Å². The van der Waals surface area contributed by atoms with Gasteiger partial charge in [0.05, 0.1) is 0 Å². The van der Waals surface area contributed by atoms with E-state index in [1.165, 1.54) is 6.39 Å². The molecule has 0 spiro atoms. The fraction of sp³-hybridized carbons (Fsp3) is 0.526. The normalized spacial score (nSPS) is 16.6. The van der Waals surface area contributed by atoms with Gasteiger partial charge < -0.3 is 19.6 Å². The third-order valence-corrected chi connectivity index (χ3v) is 4.87. The molecular weight excluding hydrogens is 330 g/mol. The molecular formula is C19H27N5O2. The minimum Gasteiger partial charge on any atom is -0.347 e. The van der Waals surface area contributed by atoms with Crippen LogP contribution < -0.4 is 5.32 Å². The Morgan fingerprint density at radius 1 is 1.19 bits per heavy atom. The number of hydrogen-bond acceptors (Lipinski definition) is 6. The van der Waals surface area contributed by atoms with Crippen LogP contribution in [0.2, 0.25) is 0 Å². The largest absolute Gasteiger partial charge is 0.347 e. The number of piperazine rings is 1. The standard InChI is InChI=1S/C19H27N5O2/c1-19(2,8-9-24-12-10-23(3)11-13-24)21-18(25)16-6-4-15(5-7-16)17-20-14-26-22-17/h4-7,14H,8-13H2,1-3H3,(H,21,25). The van der Waals surface area contributed by atoms with Gasteiger partial charge in [0.2, 0.25) is 12.2 Å². The smallest absolute Gasteiger partial charge is 0.251 e. The Balaban J connectivity index is 1.52. The number of aromatic nitrogens is 2. The first-order valence-corrected chi connectivity index (χ1v) is 9.03. The number of nitrogens with zero attached hydrogens (tertiary/aromatic N) is 4. The van der Waals surface area contributed by atoms with Gasteiger partial charge >= 0.3 is 0 Å². The minimum atomic E-state index is -0.257. The lowest BCUT2D eigenvalue weighted by Gasteiger charge is -2.35. The van der Waals surface area contributed by atoms with Crippen molar-refractivity contribution in [3.8, 4) is 11.4 Å². The third-order valence-electron chi connectivity index (χ3n) is 4.87. The molecule has 3 rings (SSSR count). The summed E-state index contributed by atoms with van der Waals surface area (Å²) in [5.41, 5.74) is 1.20. The van der Waals surface area contributed by atoms with Gasteiger partial charge in [0, 0.05) is 49.4 Å². The minimum absolute atomic E-state index is 0.0620. The SMILES string of the molecule is CN1CCN(CCC(C)(C)NC(=O)c2ccc(-c3ncon3)cc2)CC1. The molecule has 0 atom stereocenters. The maximum Gasteiger partial charge on any atom is 0.251 e. The molecule has 1 N–H and O–H groups in total. The molecule has 26 heavy (non-hydrogen) atoms. The zero-order valence-corrected chi connectivity index (χ0v) is 15.7. The van der Waals surface area contributed by atoms with Crippen LogP contribution in [-0.4, -0.2) is 71.2 Å². The van der Waals surface area contributed by atoms with Gasteiger partial charge in [-0.25, -0.2) is 0 Å². The predicted molar refractivity (Wildman–Crippen MR) is 99.8 cm³/mol. The number of carbonyl (C=O) groups excluding carboxylic acids is 1. The molecule has 7 nitrogen and oxygen atoms in total. The van der Waals surface area contributed by atoms with Crippen LogP contribution in [0.15, 0.2) is 35.2 Å². The summed E-state index contributed by atoms with van der Waals surface area (Å²) in [5.74, 6) is 0.456.